The monoisotopic (exact) mass is 368 g/mol. The highest BCUT2D eigenvalue weighted by Crippen LogP contribution is 2.25. The van der Waals surface area contributed by atoms with Crippen LogP contribution in [0.3, 0.4) is 0 Å². The van der Waals surface area contributed by atoms with Crippen molar-refractivity contribution in [3.8, 4) is 11.5 Å². The predicted molar refractivity (Wildman–Crippen MR) is 92.5 cm³/mol. The largest absolute Gasteiger partial charge is 0.497 e. The Morgan fingerprint density at radius 2 is 1.96 bits per heavy atom. The lowest BCUT2D eigenvalue weighted by molar-refractivity contribution is 0.0922. The first-order valence-electron chi connectivity index (χ1n) is 7.20. The first kappa shape index (κ1) is 18.4. The quantitative estimate of drug-likeness (QED) is 0.585. The zero-order valence-corrected chi connectivity index (χ0v) is 14.3. The number of H-pyrrole nitrogens is 2. The topological polar surface area (TPSA) is 139 Å². The normalized spacial score (nSPS) is 11.6. The third-order valence-corrected chi connectivity index (χ3v) is 3.38. The van der Waals surface area contributed by atoms with Gasteiger partial charge in [-0.1, -0.05) is 11.6 Å². The van der Waals surface area contributed by atoms with Crippen molar-refractivity contribution in [1.82, 2.24) is 15.3 Å². The second kappa shape index (κ2) is 7.75. The van der Waals surface area contributed by atoms with Crippen LogP contribution in [0.1, 0.15) is 17.4 Å². The lowest BCUT2D eigenvalue weighted by atomic mass is 10.3. The summed E-state index contributed by atoms with van der Waals surface area (Å²) in [6.07, 6.45) is 0. The summed E-state index contributed by atoms with van der Waals surface area (Å²) >= 11 is 5.95. The highest BCUT2D eigenvalue weighted by atomic mass is 35.5. The summed E-state index contributed by atoms with van der Waals surface area (Å²) in [4.78, 5) is 38.9. The molecule has 10 heteroatoms. The minimum absolute atomic E-state index is 0.114. The Morgan fingerprint density at radius 3 is 2.64 bits per heavy atom. The number of carbonyl (C=O) groups excluding carboxylic acids is 1. The van der Waals surface area contributed by atoms with Crippen LogP contribution in [0.5, 0.6) is 11.5 Å². The van der Waals surface area contributed by atoms with Crippen molar-refractivity contribution < 1.29 is 14.3 Å². The second-order valence-electron chi connectivity index (χ2n) is 5.21. The van der Waals surface area contributed by atoms with Crippen LogP contribution in [-0.4, -0.2) is 35.6 Å². The van der Waals surface area contributed by atoms with Crippen molar-refractivity contribution in [3.05, 3.63) is 49.8 Å². The van der Waals surface area contributed by atoms with E-state index >= 15 is 0 Å². The molecule has 0 bridgehead atoms. The standard InChI is InChI=1S/C15H17ClN4O5/c1-7(6-25-10-4-8(16)3-9(5-10)24-2)18-14(22)12-11(17)13(21)20-15(23)19-12/h3-5,7H,6,17H2,1-2H3,(H,18,22)(H2,19,20,21,23). The van der Waals surface area contributed by atoms with Crippen LogP contribution in [0.2, 0.25) is 5.02 Å². The third kappa shape index (κ3) is 4.77. The fraction of sp³-hybridized carbons (Fsp3) is 0.267. The molecule has 2 aromatic rings. The maximum atomic E-state index is 12.1. The molecular formula is C15H17ClN4O5. The van der Waals surface area contributed by atoms with E-state index in [2.05, 4.69) is 10.3 Å². The number of ether oxygens (including phenoxy) is 2. The van der Waals surface area contributed by atoms with Crippen molar-refractivity contribution in [2.75, 3.05) is 19.5 Å². The fourth-order valence-electron chi connectivity index (χ4n) is 1.97. The molecule has 1 aromatic carbocycles. The Morgan fingerprint density at radius 1 is 1.28 bits per heavy atom. The summed E-state index contributed by atoms with van der Waals surface area (Å²) in [5.74, 6) is 0.308. The van der Waals surface area contributed by atoms with E-state index in [9.17, 15) is 14.4 Å². The first-order valence-corrected chi connectivity index (χ1v) is 7.58. The Balaban J connectivity index is 2.02. The number of anilines is 1. The number of benzene rings is 1. The van der Waals surface area contributed by atoms with E-state index in [-0.39, 0.29) is 18.0 Å². The Hall–Kier alpha value is -2.94. The van der Waals surface area contributed by atoms with Gasteiger partial charge < -0.3 is 25.5 Å². The summed E-state index contributed by atoms with van der Waals surface area (Å²) in [6.45, 7) is 1.80. The maximum Gasteiger partial charge on any atom is 0.326 e. The SMILES string of the molecule is COc1cc(Cl)cc(OCC(C)NC(=O)c2[nH]c(=O)[nH]c(=O)c2N)c1. The highest BCUT2D eigenvalue weighted by Gasteiger charge is 2.16. The van der Waals surface area contributed by atoms with Gasteiger partial charge in [-0.05, 0) is 19.1 Å². The third-order valence-electron chi connectivity index (χ3n) is 3.16. The van der Waals surface area contributed by atoms with E-state index in [0.29, 0.717) is 16.5 Å². The minimum Gasteiger partial charge on any atom is -0.497 e. The summed E-state index contributed by atoms with van der Waals surface area (Å²) in [7, 11) is 1.50. The molecule has 5 N–H and O–H groups in total. The molecule has 0 aliphatic rings. The number of halogens is 1. The van der Waals surface area contributed by atoms with E-state index in [1.165, 1.54) is 7.11 Å². The summed E-state index contributed by atoms with van der Waals surface area (Å²) in [5, 5.41) is 3.02. The molecule has 1 heterocycles. The van der Waals surface area contributed by atoms with Crippen molar-refractivity contribution in [1.29, 1.82) is 0 Å². The van der Waals surface area contributed by atoms with Gasteiger partial charge in [-0.15, -0.1) is 0 Å². The number of aromatic nitrogens is 2. The van der Waals surface area contributed by atoms with E-state index in [4.69, 9.17) is 26.8 Å². The first-order chi connectivity index (χ1) is 11.8. The molecule has 0 spiro atoms. The molecule has 2 rings (SSSR count). The fourth-order valence-corrected chi connectivity index (χ4v) is 2.19. The Kier molecular flexibility index (Phi) is 5.71. The van der Waals surface area contributed by atoms with Crippen LogP contribution in [-0.2, 0) is 0 Å². The number of nitrogen functional groups attached to an aromatic ring is 1. The number of amides is 1. The Labute approximate surface area is 147 Å². The lowest BCUT2D eigenvalue weighted by Crippen LogP contribution is -2.40. The van der Waals surface area contributed by atoms with Crippen LogP contribution in [0.4, 0.5) is 5.69 Å². The number of hydrogen-bond acceptors (Lipinski definition) is 6. The summed E-state index contributed by atoms with van der Waals surface area (Å²) < 4.78 is 10.6. The number of nitrogens with one attached hydrogen (secondary N) is 3. The van der Waals surface area contributed by atoms with Crippen LogP contribution < -0.4 is 31.8 Å². The van der Waals surface area contributed by atoms with Crippen LogP contribution in [0.25, 0.3) is 0 Å². The average molecular weight is 369 g/mol. The van der Waals surface area contributed by atoms with Gasteiger partial charge in [0, 0.05) is 11.1 Å². The van der Waals surface area contributed by atoms with Gasteiger partial charge in [0.05, 0.1) is 13.2 Å². The van der Waals surface area contributed by atoms with Gasteiger partial charge in [0.2, 0.25) is 0 Å². The van der Waals surface area contributed by atoms with Crippen LogP contribution in [0, 0.1) is 0 Å². The molecule has 1 atom stereocenters. The van der Waals surface area contributed by atoms with E-state index in [0.717, 1.165) is 0 Å². The van der Waals surface area contributed by atoms with Crippen molar-refractivity contribution in [2.45, 2.75) is 13.0 Å². The molecule has 1 aromatic heterocycles. The zero-order chi connectivity index (χ0) is 18.6. The number of methoxy groups -OCH3 is 1. The van der Waals surface area contributed by atoms with Crippen molar-refractivity contribution in [3.63, 3.8) is 0 Å². The van der Waals surface area contributed by atoms with E-state index < -0.39 is 23.2 Å². The number of hydrogen-bond donors (Lipinski definition) is 4. The molecule has 1 amide bonds. The second-order valence-corrected chi connectivity index (χ2v) is 5.65. The van der Waals surface area contributed by atoms with Crippen molar-refractivity contribution >= 4 is 23.2 Å². The zero-order valence-electron chi connectivity index (χ0n) is 13.5. The number of aromatic amines is 2. The molecule has 25 heavy (non-hydrogen) atoms. The molecule has 0 aliphatic heterocycles. The number of rotatable bonds is 6. The molecule has 0 saturated heterocycles. The van der Waals surface area contributed by atoms with Gasteiger partial charge >= 0.3 is 5.69 Å². The molecule has 0 saturated carbocycles. The van der Waals surface area contributed by atoms with Crippen molar-refractivity contribution in [2.24, 2.45) is 0 Å². The van der Waals surface area contributed by atoms with Crippen LogP contribution >= 0.6 is 11.6 Å². The van der Waals surface area contributed by atoms with E-state index in [1.54, 1.807) is 25.1 Å². The maximum absolute atomic E-state index is 12.1. The van der Waals surface area contributed by atoms with Gasteiger partial charge in [-0.3, -0.25) is 14.6 Å². The molecule has 0 aliphatic carbocycles. The van der Waals surface area contributed by atoms with Gasteiger partial charge in [0.25, 0.3) is 11.5 Å². The van der Waals surface area contributed by atoms with Gasteiger partial charge in [-0.2, -0.15) is 0 Å². The number of carbonyl (C=O) groups is 1. The molecule has 134 valence electrons. The molecule has 0 radical (unpaired) electrons. The van der Waals surface area contributed by atoms with Gasteiger partial charge in [0.1, 0.15) is 29.5 Å². The van der Waals surface area contributed by atoms with Gasteiger partial charge in [0.15, 0.2) is 0 Å². The molecule has 1 unspecified atom stereocenters. The summed E-state index contributed by atoms with van der Waals surface area (Å²) in [6, 6.07) is 4.43. The Bertz CT molecular complexity index is 892. The van der Waals surface area contributed by atoms with Gasteiger partial charge in [-0.25, -0.2) is 4.79 Å². The summed E-state index contributed by atoms with van der Waals surface area (Å²) in [5.41, 5.74) is 3.19. The predicted octanol–water partition coefficient (Wildman–Crippen LogP) is 0.505. The molecule has 9 nitrogen and oxygen atoms in total. The molecule has 0 fully saturated rings. The van der Waals surface area contributed by atoms with Crippen LogP contribution in [0.15, 0.2) is 27.8 Å². The molecular weight excluding hydrogens is 352 g/mol. The smallest absolute Gasteiger partial charge is 0.326 e. The lowest BCUT2D eigenvalue weighted by Gasteiger charge is -2.16. The highest BCUT2D eigenvalue weighted by molar-refractivity contribution is 6.30. The number of nitrogens with two attached hydrogens (primary N) is 1. The van der Waals surface area contributed by atoms with E-state index in [1.807, 2.05) is 4.98 Å². The minimum atomic E-state index is -0.830. The average Bonchev–Trinajstić information content (AvgIpc) is 2.55.